The largest absolute Gasteiger partial charge is 0.444 e. The molecule has 27 heavy (non-hydrogen) atoms. The molecule has 3 heterocycles. The first-order chi connectivity index (χ1) is 12.6. The van der Waals surface area contributed by atoms with E-state index in [2.05, 4.69) is 10.3 Å². The van der Waals surface area contributed by atoms with E-state index in [1.54, 1.807) is 11.3 Å². The molecule has 0 radical (unpaired) electrons. The van der Waals surface area contributed by atoms with Crippen LogP contribution in [0.2, 0.25) is 0 Å². The number of hydrogen-bond acceptors (Lipinski definition) is 7. The zero-order chi connectivity index (χ0) is 19.8. The molecule has 2 aromatic heterocycles. The molecular weight excluding hydrogens is 384 g/mol. The van der Waals surface area contributed by atoms with Gasteiger partial charge in [0.1, 0.15) is 10.4 Å². The highest BCUT2D eigenvalue weighted by Gasteiger charge is 2.27. The van der Waals surface area contributed by atoms with Crippen LogP contribution in [-0.4, -0.2) is 60.7 Å². The highest BCUT2D eigenvalue weighted by molar-refractivity contribution is 7.29. The Bertz CT molecular complexity index is 798. The van der Waals surface area contributed by atoms with Crippen molar-refractivity contribution in [2.75, 3.05) is 32.1 Å². The zero-order valence-electron chi connectivity index (χ0n) is 16.4. The average molecular weight is 411 g/mol. The molecule has 1 saturated heterocycles. The number of nitrogens with zero attached hydrogens (tertiary/aromatic N) is 3. The van der Waals surface area contributed by atoms with E-state index < -0.39 is 11.7 Å². The number of alkyl carbamates (subject to hydrolysis) is 1. The summed E-state index contributed by atoms with van der Waals surface area (Å²) in [6, 6.07) is 1.98. The standard InChI is InChI=1S/C18H26N4O3S2/c1-18(2,3)25-17(24)19-11-6-8-22(9-7-11)15(23)13-10-12-14(26-13)20-16(27-12)21(4)5/h10-11H,6-9H2,1-5H3,(H,19,24). The van der Waals surface area contributed by atoms with E-state index in [0.29, 0.717) is 13.1 Å². The number of aromatic nitrogens is 1. The van der Waals surface area contributed by atoms with Crippen LogP contribution >= 0.6 is 22.7 Å². The van der Waals surface area contributed by atoms with Crippen LogP contribution in [0.5, 0.6) is 0 Å². The molecular formula is C18H26N4O3S2. The van der Waals surface area contributed by atoms with E-state index in [1.165, 1.54) is 11.3 Å². The molecule has 0 unspecified atom stereocenters. The Labute approximate surface area is 167 Å². The molecule has 7 nitrogen and oxygen atoms in total. The summed E-state index contributed by atoms with van der Waals surface area (Å²) < 4.78 is 6.35. The number of thiophene rings is 1. The maximum atomic E-state index is 12.8. The Balaban J connectivity index is 1.55. The number of amides is 2. The van der Waals surface area contributed by atoms with Gasteiger partial charge in [-0.25, -0.2) is 9.78 Å². The molecule has 3 rings (SSSR count). The molecule has 0 spiro atoms. The first-order valence-electron chi connectivity index (χ1n) is 8.99. The Hall–Kier alpha value is -1.87. The van der Waals surface area contributed by atoms with Crippen LogP contribution in [0.15, 0.2) is 6.07 Å². The zero-order valence-corrected chi connectivity index (χ0v) is 18.0. The Kier molecular flexibility index (Phi) is 5.62. The fraction of sp³-hybridized carbons (Fsp3) is 0.611. The maximum absolute atomic E-state index is 12.8. The summed E-state index contributed by atoms with van der Waals surface area (Å²) in [4.78, 5) is 34.7. The third kappa shape index (κ3) is 4.90. The lowest BCUT2D eigenvalue weighted by atomic mass is 10.1. The molecule has 0 atom stereocenters. The molecule has 0 aliphatic carbocycles. The molecule has 1 aliphatic rings. The van der Waals surface area contributed by atoms with Crippen molar-refractivity contribution in [1.29, 1.82) is 0 Å². The number of hydrogen-bond donors (Lipinski definition) is 1. The van der Waals surface area contributed by atoms with Crippen LogP contribution in [0.4, 0.5) is 9.93 Å². The van der Waals surface area contributed by atoms with Crippen LogP contribution in [0, 0.1) is 0 Å². The van der Waals surface area contributed by atoms with E-state index >= 15 is 0 Å². The van der Waals surface area contributed by atoms with Crippen molar-refractivity contribution in [3.05, 3.63) is 10.9 Å². The number of carbonyl (C=O) groups excluding carboxylic acids is 2. The predicted octanol–water partition coefficient (Wildman–Crippen LogP) is 3.55. The number of nitrogens with one attached hydrogen (secondary N) is 1. The summed E-state index contributed by atoms with van der Waals surface area (Å²) in [5.41, 5.74) is -0.507. The lowest BCUT2D eigenvalue weighted by Gasteiger charge is -2.32. The van der Waals surface area contributed by atoms with Crippen molar-refractivity contribution in [2.45, 2.75) is 45.3 Å². The number of rotatable bonds is 3. The fourth-order valence-corrected chi connectivity index (χ4v) is 4.98. The van der Waals surface area contributed by atoms with E-state index in [9.17, 15) is 9.59 Å². The van der Waals surface area contributed by atoms with Crippen LogP contribution in [-0.2, 0) is 4.74 Å². The fourth-order valence-electron chi connectivity index (χ4n) is 2.88. The van der Waals surface area contributed by atoms with Gasteiger partial charge in [0.05, 0.1) is 9.58 Å². The highest BCUT2D eigenvalue weighted by Crippen LogP contribution is 2.34. The molecule has 9 heteroatoms. The quantitative estimate of drug-likeness (QED) is 0.837. The topological polar surface area (TPSA) is 74.8 Å². The van der Waals surface area contributed by atoms with Gasteiger partial charge in [-0.3, -0.25) is 4.79 Å². The molecule has 0 bridgehead atoms. The first-order valence-corrected chi connectivity index (χ1v) is 10.6. The van der Waals surface area contributed by atoms with Gasteiger partial charge in [0.2, 0.25) is 0 Å². The van der Waals surface area contributed by atoms with Gasteiger partial charge in [-0.05, 0) is 39.7 Å². The van der Waals surface area contributed by atoms with E-state index in [4.69, 9.17) is 4.74 Å². The van der Waals surface area contributed by atoms with Crippen LogP contribution < -0.4 is 10.2 Å². The van der Waals surface area contributed by atoms with Gasteiger partial charge in [0.25, 0.3) is 5.91 Å². The van der Waals surface area contributed by atoms with E-state index in [1.807, 2.05) is 50.7 Å². The molecule has 2 amide bonds. The van der Waals surface area contributed by atoms with Gasteiger partial charge >= 0.3 is 6.09 Å². The molecule has 0 aromatic carbocycles. The number of fused-ring (bicyclic) bond motifs is 1. The third-order valence-corrected chi connectivity index (χ3v) is 6.49. The first kappa shape index (κ1) is 19.9. The van der Waals surface area contributed by atoms with Gasteiger partial charge in [0.15, 0.2) is 5.13 Å². The monoisotopic (exact) mass is 410 g/mol. The second-order valence-electron chi connectivity index (χ2n) is 7.88. The van der Waals surface area contributed by atoms with Crippen LogP contribution in [0.25, 0.3) is 9.53 Å². The van der Waals surface area contributed by atoms with Crippen molar-refractivity contribution < 1.29 is 14.3 Å². The minimum absolute atomic E-state index is 0.0417. The third-order valence-electron chi connectivity index (χ3n) is 4.17. The van der Waals surface area contributed by atoms with Crippen molar-refractivity contribution in [1.82, 2.24) is 15.2 Å². The molecule has 1 aliphatic heterocycles. The van der Waals surface area contributed by atoms with Gasteiger partial charge in [0, 0.05) is 33.2 Å². The SMILES string of the molecule is CN(C)c1nc2sc(C(=O)N3CCC(NC(=O)OC(C)(C)C)CC3)cc2s1. The smallest absolute Gasteiger partial charge is 0.407 e. The summed E-state index contributed by atoms with van der Waals surface area (Å²) in [6.45, 7) is 6.78. The Morgan fingerprint density at radius 3 is 2.48 bits per heavy atom. The number of piperidine rings is 1. The number of anilines is 1. The Morgan fingerprint density at radius 1 is 1.26 bits per heavy atom. The summed E-state index contributed by atoms with van der Waals surface area (Å²) in [5, 5.41) is 3.85. The molecule has 1 fully saturated rings. The van der Waals surface area contributed by atoms with Crippen LogP contribution in [0.3, 0.4) is 0 Å². The molecule has 148 valence electrons. The summed E-state index contributed by atoms with van der Waals surface area (Å²) in [5.74, 6) is 0.0484. The number of likely N-dealkylation sites (tertiary alicyclic amines) is 1. The lowest BCUT2D eigenvalue weighted by molar-refractivity contribution is 0.0474. The second kappa shape index (κ2) is 7.63. The van der Waals surface area contributed by atoms with Gasteiger partial charge in [-0.15, -0.1) is 11.3 Å². The van der Waals surface area contributed by atoms with Gasteiger partial charge in [-0.2, -0.15) is 0 Å². The summed E-state index contributed by atoms with van der Waals surface area (Å²) >= 11 is 3.04. The van der Waals surface area contributed by atoms with Gasteiger partial charge in [-0.1, -0.05) is 11.3 Å². The van der Waals surface area contributed by atoms with Crippen LogP contribution in [0.1, 0.15) is 43.3 Å². The normalized spacial score (nSPS) is 15.8. The predicted molar refractivity (Wildman–Crippen MR) is 110 cm³/mol. The molecule has 2 aromatic rings. The number of thiazole rings is 1. The summed E-state index contributed by atoms with van der Waals surface area (Å²) in [7, 11) is 3.92. The van der Waals surface area contributed by atoms with E-state index in [-0.39, 0.29) is 11.9 Å². The number of ether oxygens (including phenoxy) is 1. The van der Waals surface area contributed by atoms with Crippen molar-refractivity contribution in [3.63, 3.8) is 0 Å². The summed E-state index contributed by atoms with van der Waals surface area (Å²) in [6.07, 6.45) is 1.06. The minimum Gasteiger partial charge on any atom is -0.444 e. The van der Waals surface area contributed by atoms with Gasteiger partial charge < -0.3 is 19.9 Å². The molecule has 1 N–H and O–H groups in total. The second-order valence-corrected chi connectivity index (χ2v) is 9.92. The van der Waals surface area contributed by atoms with Crippen molar-refractivity contribution in [2.24, 2.45) is 0 Å². The Morgan fingerprint density at radius 2 is 1.93 bits per heavy atom. The van der Waals surface area contributed by atoms with Crippen molar-refractivity contribution in [3.8, 4) is 0 Å². The minimum atomic E-state index is -0.507. The molecule has 0 saturated carbocycles. The highest BCUT2D eigenvalue weighted by atomic mass is 32.1. The number of carbonyl (C=O) groups is 2. The van der Waals surface area contributed by atoms with E-state index in [0.717, 1.165) is 32.4 Å². The van der Waals surface area contributed by atoms with Crippen molar-refractivity contribution >= 4 is 49.3 Å². The maximum Gasteiger partial charge on any atom is 0.407 e. The lowest BCUT2D eigenvalue weighted by Crippen LogP contribution is -2.47. The average Bonchev–Trinajstić information content (AvgIpc) is 3.11.